The minimum atomic E-state index is -1.07. The maximum atomic E-state index is 10.8. The number of benzene rings is 1. The number of non-ortho nitro benzene ring substituents is 1. The van der Waals surface area contributed by atoms with Crippen LogP contribution >= 0.6 is 15.9 Å². The van der Waals surface area contributed by atoms with Gasteiger partial charge in [-0.3, -0.25) is 10.1 Å². The number of nitrogens with zero attached hydrogens (tertiary/aromatic N) is 1. The lowest BCUT2D eigenvalue weighted by Gasteiger charge is -2.14. The summed E-state index contributed by atoms with van der Waals surface area (Å²) in [5.41, 5.74) is -0.0902. The fraction of sp³-hybridized carbons (Fsp3) is 0.300. The zero-order valence-electron chi connectivity index (χ0n) is 8.92. The molecule has 0 aliphatic heterocycles. The summed E-state index contributed by atoms with van der Waals surface area (Å²) in [4.78, 5) is 20.7. The van der Waals surface area contributed by atoms with E-state index in [1.807, 2.05) is 0 Å². The molecule has 0 amide bonds. The quantitative estimate of drug-likeness (QED) is 0.667. The minimum absolute atomic E-state index is 0.0902. The highest BCUT2D eigenvalue weighted by molar-refractivity contribution is 9.10. The van der Waals surface area contributed by atoms with Crippen LogP contribution in [0.1, 0.15) is 13.3 Å². The van der Waals surface area contributed by atoms with Gasteiger partial charge in [0.05, 0.1) is 9.40 Å². The number of ether oxygens (including phenoxy) is 1. The summed E-state index contributed by atoms with van der Waals surface area (Å²) in [7, 11) is 0. The van der Waals surface area contributed by atoms with Crippen molar-refractivity contribution in [3.63, 3.8) is 0 Å². The van der Waals surface area contributed by atoms with E-state index in [4.69, 9.17) is 9.84 Å². The van der Waals surface area contributed by atoms with E-state index >= 15 is 0 Å². The molecule has 0 saturated carbocycles. The zero-order chi connectivity index (χ0) is 13.0. The molecule has 1 aromatic carbocycles. The number of carbonyl (C=O) groups is 1. The molecule has 0 fully saturated rings. The Morgan fingerprint density at radius 1 is 1.65 bits per heavy atom. The molecular weight excluding hydrogens is 294 g/mol. The molecular formula is C10H10BrNO5. The minimum Gasteiger partial charge on any atom is -0.479 e. The highest BCUT2D eigenvalue weighted by Gasteiger charge is 2.19. The second-order valence-electron chi connectivity index (χ2n) is 3.22. The summed E-state index contributed by atoms with van der Waals surface area (Å²) in [5.74, 6) is -0.803. The number of nitro benzene ring substituents is 1. The van der Waals surface area contributed by atoms with Gasteiger partial charge >= 0.3 is 5.97 Å². The van der Waals surface area contributed by atoms with Crippen LogP contribution in [0.3, 0.4) is 0 Å². The topological polar surface area (TPSA) is 89.7 Å². The average Bonchev–Trinajstić information content (AvgIpc) is 2.26. The van der Waals surface area contributed by atoms with E-state index < -0.39 is 17.0 Å². The Balaban J connectivity index is 2.93. The number of hydrogen-bond acceptors (Lipinski definition) is 4. The first-order chi connectivity index (χ1) is 7.95. The van der Waals surface area contributed by atoms with Gasteiger partial charge in [0.15, 0.2) is 6.10 Å². The number of carboxylic acid groups (broad SMARTS) is 1. The van der Waals surface area contributed by atoms with Gasteiger partial charge in [0, 0.05) is 12.1 Å². The maximum absolute atomic E-state index is 10.8. The number of carboxylic acids is 1. The third kappa shape index (κ3) is 3.42. The van der Waals surface area contributed by atoms with Crippen molar-refractivity contribution in [3.8, 4) is 5.75 Å². The van der Waals surface area contributed by atoms with Crippen LogP contribution in [0.4, 0.5) is 5.69 Å². The van der Waals surface area contributed by atoms with Gasteiger partial charge in [-0.2, -0.15) is 0 Å². The van der Waals surface area contributed by atoms with Crippen molar-refractivity contribution in [3.05, 3.63) is 32.8 Å². The summed E-state index contributed by atoms with van der Waals surface area (Å²) in [6.07, 6.45) is -0.661. The van der Waals surface area contributed by atoms with Gasteiger partial charge in [-0.15, -0.1) is 0 Å². The monoisotopic (exact) mass is 303 g/mol. The van der Waals surface area contributed by atoms with Crippen LogP contribution in [-0.2, 0) is 4.79 Å². The molecule has 6 nitrogen and oxygen atoms in total. The van der Waals surface area contributed by atoms with Gasteiger partial charge < -0.3 is 9.84 Å². The summed E-state index contributed by atoms with van der Waals surface area (Å²) < 4.78 is 5.57. The molecule has 1 unspecified atom stereocenters. The molecule has 0 spiro atoms. The number of hydrogen-bond donors (Lipinski definition) is 1. The normalized spacial score (nSPS) is 11.9. The molecule has 0 aromatic heterocycles. The molecule has 1 aromatic rings. The predicted molar refractivity (Wildman–Crippen MR) is 63.1 cm³/mol. The van der Waals surface area contributed by atoms with Gasteiger partial charge in [-0.05, 0) is 28.4 Å². The fourth-order valence-electron chi connectivity index (χ4n) is 1.16. The Morgan fingerprint density at radius 3 is 2.71 bits per heavy atom. The van der Waals surface area contributed by atoms with E-state index in [0.29, 0.717) is 10.9 Å². The van der Waals surface area contributed by atoms with Crippen molar-refractivity contribution in [2.75, 3.05) is 0 Å². The molecule has 1 rings (SSSR count). The highest BCUT2D eigenvalue weighted by Crippen LogP contribution is 2.30. The van der Waals surface area contributed by atoms with Crippen LogP contribution in [0.2, 0.25) is 0 Å². The zero-order valence-corrected chi connectivity index (χ0v) is 10.5. The lowest BCUT2D eigenvalue weighted by atomic mass is 10.2. The third-order valence-corrected chi connectivity index (χ3v) is 2.66. The van der Waals surface area contributed by atoms with Crippen molar-refractivity contribution in [2.24, 2.45) is 0 Å². The molecule has 17 heavy (non-hydrogen) atoms. The van der Waals surface area contributed by atoms with E-state index in [1.165, 1.54) is 18.2 Å². The van der Waals surface area contributed by atoms with E-state index in [9.17, 15) is 14.9 Å². The lowest BCUT2D eigenvalue weighted by molar-refractivity contribution is -0.385. The number of halogens is 1. The first-order valence-electron chi connectivity index (χ1n) is 4.79. The van der Waals surface area contributed by atoms with E-state index in [2.05, 4.69) is 15.9 Å². The molecule has 0 aliphatic carbocycles. The Labute approximate surface area is 105 Å². The lowest BCUT2D eigenvalue weighted by Crippen LogP contribution is -2.26. The summed E-state index contributed by atoms with van der Waals surface area (Å²) >= 11 is 3.10. The van der Waals surface area contributed by atoms with Crippen LogP contribution in [0.5, 0.6) is 5.75 Å². The van der Waals surface area contributed by atoms with E-state index in [0.717, 1.165) is 0 Å². The van der Waals surface area contributed by atoms with E-state index in [-0.39, 0.29) is 11.4 Å². The van der Waals surface area contributed by atoms with Gasteiger partial charge in [0.2, 0.25) is 0 Å². The van der Waals surface area contributed by atoms with Gasteiger partial charge in [0.1, 0.15) is 5.75 Å². The second kappa shape index (κ2) is 5.62. The Morgan fingerprint density at radius 2 is 2.29 bits per heavy atom. The SMILES string of the molecule is CCC(Oc1ccc([N+](=O)[O-])cc1Br)C(=O)O. The highest BCUT2D eigenvalue weighted by atomic mass is 79.9. The molecule has 0 bridgehead atoms. The van der Waals surface area contributed by atoms with Gasteiger partial charge in [-0.25, -0.2) is 4.79 Å². The molecule has 1 N–H and O–H groups in total. The summed E-state index contributed by atoms with van der Waals surface area (Å²) in [6.45, 7) is 1.68. The molecule has 0 heterocycles. The first kappa shape index (κ1) is 13.4. The number of rotatable bonds is 5. The smallest absolute Gasteiger partial charge is 0.344 e. The van der Waals surface area contributed by atoms with Crippen LogP contribution in [0.25, 0.3) is 0 Å². The standard InChI is InChI=1S/C10H10BrNO5/c1-2-8(10(13)14)17-9-4-3-6(12(15)16)5-7(9)11/h3-5,8H,2H2,1H3,(H,13,14). The van der Waals surface area contributed by atoms with E-state index in [1.54, 1.807) is 6.92 Å². The fourth-order valence-corrected chi connectivity index (χ4v) is 1.62. The van der Waals surface area contributed by atoms with Crippen molar-refractivity contribution in [1.82, 2.24) is 0 Å². The van der Waals surface area contributed by atoms with Crippen molar-refractivity contribution in [2.45, 2.75) is 19.4 Å². The van der Waals surface area contributed by atoms with Crippen LogP contribution in [0, 0.1) is 10.1 Å². The number of nitro groups is 1. The Kier molecular flexibility index (Phi) is 4.45. The molecule has 0 saturated heterocycles. The molecule has 0 radical (unpaired) electrons. The predicted octanol–water partition coefficient (Wildman–Crippen LogP) is 2.60. The Bertz CT molecular complexity index is 448. The van der Waals surface area contributed by atoms with Crippen molar-refractivity contribution in [1.29, 1.82) is 0 Å². The third-order valence-electron chi connectivity index (χ3n) is 2.04. The van der Waals surface area contributed by atoms with Crippen LogP contribution in [0.15, 0.2) is 22.7 Å². The molecule has 0 aliphatic rings. The van der Waals surface area contributed by atoms with Gasteiger partial charge in [-0.1, -0.05) is 6.92 Å². The van der Waals surface area contributed by atoms with Crippen LogP contribution in [-0.4, -0.2) is 22.1 Å². The average molecular weight is 304 g/mol. The van der Waals surface area contributed by atoms with Crippen molar-refractivity contribution < 1.29 is 19.6 Å². The number of aliphatic carboxylic acids is 1. The maximum Gasteiger partial charge on any atom is 0.344 e. The Hall–Kier alpha value is -1.63. The summed E-state index contributed by atoms with van der Waals surface area (Å²) in [6, 6.07) is 3.90. The van der Waals surface area contributed by atoms with Crippen LogP contribution < -0.4 is 4.74 Å². The second-order valence-corrected chi connectivity index (χ2v) is 4.08. The summed E-state index contributed by atoms with van der Waals surface area (Å²) in [5, 5.41) is 19.3. The largest absolute Gasteiger partial charge is 0.479 e. The first-order valence-corrected chi connectivity index (χ1v) is 5.58. The molecule has 92 valence electrons. The molecule has 1 atom stereocenters. The van der Waals surface area contributed by atoms with Crippen molar-refractivity contribution >= 4 is 27.6 Å². The van der Waals surface area contributed by atoms with Gasteiger partial charge in [0.25, 0.3) is 5.69 Å². The molecule has 7 heteroatoms.